The van der Waals surface area contributed by atoms with Crippen LogP contribution in [-0.2, 0) is 15.7 Å². The number of carbonyl (C=O) groups excluding carboxylic acids is 2. The van der Waals surface area contributed by atoms with Gasteiger partial charge in [0.2, 0.25) is 0 Å². The van der Waals surface area contributed by atoms with E-state index < -0.39 is 17.8 Å². The number of ether oxygens (including phenoxy) is 1. The topological polar surface area (TPSA) is 46.6 Å². The summed E-state index contributed by atoms with van der Waals surface area (Å²) < 4.78 is 44.4. The number of nitrogens with zero attached hydrogens (tertiary/aromatic N) is 1. The molecule has 0 atom stereocenters. The molecule has 2 aliphatic rings. The molecule has 1 amide bonds. The number of hydrogen-bond donors (Lipinski definition) is 0. The summed E-state index contributed by atoms with van der Waals surface area (Å²) in [7, 11) is 0. The van der Waals surface area contributed by atoms with Gasteiger partial charge in [0.05, 0.1) is 12.1 Å². The maximum absolute atomic E-state index is 13.2. The molecule has 4 aromatic rings. The van der Waals surface area contributed by atoms with Gasteiger partial charge in [0.1, 0.15) is 12.9 Å². The first-order valence-corrected chi connectivity index (χ1v) is 13.5. The van der Waals surface area contributed by atoms with Gasteiger partial charge in [-0.2, -0.15) is 13.2 Å². The molecule has 1 aliphatic carbocycles. The third-order valence-corrected chi connectivity index (χ3v) is 7.68. The van der Waals surface area contributed by atoms with Crippen molar-refractivity contribution in [2.24, 2.45) is 0 Å². The molecule has 0 spiro atoms. The molecule has 42 heavy (non-hydrogen) atoms. The first-order valence-electron chi connectivity index (χ1n) is 13.5. The lowest BCUT2D eigenvalue weighted by molar-refractivity contribution is -0.137. The number of hydrogen-bond acceptors (Lipinski definition) is 3. The van der Waals surface area contributed by atoms with E-state index >= 15 is 0 Å². The highest BCUT2D eigenvalue weighted by Gasteiger charge is 2.31. The van der Waals surface area contributed by atoms with Crippen LogP contribution in [0.3, 0.4) is 0 Å². The van der Waals surface area contributed by atoms with Crippen LogP contribution in [0.2, 0.25) is 0 Å². The zero-order valence-corrected chi connectivity index (χ0v) is 22.5. The van der Waals surface area contributed by atoms with E-state index in [1.807, 2.05) is 54.6 Å². The molecule has 1 aliphatic heterocycles. The van der Waals surface area contributed by atoms with Crippen molar-refractivity contribution in [1.29, 1.82) is 0 Å². The van der Waals surface area contributed by atoms with Crippen molar-refractivity contribution < 1.29 is 27.5 Å². The van der Waals surface area contributed by atoms with Gasteiger partial charge < -0.3 is 4.74 Å². The predicted octanol–water partition coefficient (Wildman–Crippen LogP) is 8.49. The number of benzene rings is 4. The highest BCUT2D eigenvalue weighted by atomic mass is 19.4. The number of fused-ring (bicyclic) bond motifs is 3. The molecule has 0 fully saturated rings. The third kappa shape index (κ3) is 5.50. The normalized spacial score (nSPS) is 15.6. The fourth-order valence-corrected chi connectivity index (χ4v) is 5.65. The van der Waals surface area contributed by atoms with Crippen molar-refractivity contribution in [2.75, 3.05) is 13.2 Å². The van der Waals surface area contributed by atoms with Crippen molar-refractivity contribution in [3.63, 3.8) is 0 Å². The lowest BCUT2D eigenvalue weighted by Gasteiger charge is -2.26. The van der Waals surface area contributed by atoms with Gasteiger partial charge in [-0.3, -0.25) is 9.69 Å². The molecule has 0 saturated heterocycles. The Bertz CT molecular complexity index is 1660. The average Bonchev–Trinajstić information content (AvgIpc) is 3.33. The van der Waals surface area contributed by atoms with E-state index in [1.54, 1.807) is 0 Å². The second-order valence-corrected chi connectivity index (χ2v) is 10.4. The van der Waals surface area contributed by atoms with Gasteiger partial charge in [-0.05, 0) is 56.6 Å². The largest absolute Gasteiger partial charge is 0.448 e. The van der Waals surface area contributed by atoms with E-state index in [2.05, 4.69) is 24.3 Å². The SMILES string of the molecule is O=CC1=CN(C(=O)OCC2c3ccccc3-c3ccccc32)CC(=Cc2ccc(-c3ccc(C(F)(F)F)cc3)cc2)C1. The van der Waals surface area contributed by atoms with Gasteiger partial charge in [0.15, 0.2) is 0 Å². The highest BCUT2D eigenvalue weighted by molar-refractivity contribution is 5.81. The average molecular weight is 566 g/mol. The number of allylic oxidation sites excluding steroid dienone is 1. The van der Waals surface area contributed by atoms with Crippen molar-refractivity contribution in [1.82, 2.24) is 4.90 Å². The van der Waals surface area contributed by atoms with Gasteiger partial charge in [0.25, 0.3) is 0 Å². The van der Waals surface area contributed by atoms with Crippen LogP contribution in [0.25, 0.3) is 28.3 Å². The van der Waals surface area contributed by atoms with E-state index in [0.717, 1.165) is 57.4 Å². The van der Waals surface area contributed by atoms with Crippen LogP contribution in [0, 0.1) is 0 Å². The fourth-order valence-electron chi connectivity index (χ4n) is 5.65. The number of alkyl halides is 3. The molecule has 0 N–H and O–H groups in total. The maximum Gasteiger partial charge on any atom is 0.416 e. The van der Waals surface area contributed by atoms with E-state index in [9.17, 15) is 22.8 Å². The van der Waals surface area contributed by atoms with E-state index in [4.69, 9.17) is 4.74 Å². The highest BCUT2D eigenvalue weighted by Crippen LogP contribution is 2.44. The monoisotopic (exact) mass is 565 g/mol. The smallest absolute Gasteiger partial charge is 0.416 e. The van der Waals surface area contributed by atoms with Crippen molar-refractivity contribution >= 4 is 18.5 Å². The second kappa shape index (κ2) is 11.2. The predicted molar refractivity (Wildman–Crippen MR) is 155 cm³/mol. The lowest BCUT2D eigenvalue weighted by Crippen LogP contribution is -2.32. The lowest BCUT2D eigenvalue weighted by atomic mass is 9.98. The molecular formula is C35H26F3NO3. The summed E-state index contributed by atoms with van der Waals surface area (Å²) >= 11 is 0. The minimum Gasteiger partial charge on any atom is -0.448 e. The molecule has 0 unspecified atom stereocenters. The number of aldehydes is 1. The molecule has 4 aromatic carbocycles. The molecule has 210 valence electrons. The summed E-state index contributed by atoms with van der Waals surface area (Å²) in [4.78, 5) is 26.3. The molecule has 0 saturated carbocycles. The number of halogens is 3. The van der Waals surface area contributed by atoms with Crippen LogP contribution in [0.1, 0.15) is 34.6 Å². The van der Waals surface area contributed by atoms with Gasteiger partial charge in [0, 0.05) is 24.1 Å². The van der Waals surface area contributed by atoms with Crippen LogP contribution < -0.4 is 0 Å². The zero-order chi connectivity index (χ0) is 29.3. The second-order valence-electron chi connectivity index (χ2n) is 10.4. The van der Waals surface area contributed by atoms with Gasteiger partial charge in [-0.25, -0.2) is 4.79 Å². The number of rotatable bonds is 5. The Kier molecular flexibility index (Phi) is 7.25. The van der Waals surface area contributed by atoms with Crippen LogP contribution in [0.15, 0.2) is 114 Å². The Balaban J connectivity index is 1.15. The van der Waals surface area contributed by atoms with Gasteiger partial charge >= 0.3 is 12.3 Å². The first kappa shape index (κ1) is 27.3. The van der Waals surface area contributed by atoms with Gasteiger partial charge in [-0.1, -0.05) is 91.0 Å². The maximum atomic E-state index is 13.2. The van der Waals surface area contributed by atoms with Crippen LogP contribution >= 0.6 is 0 Å². The van der Waals surface area contributed by atoms with Gasteiger partial charge in [-0.15, -0.1) is 0 Å². The van der Waals surface area contributed by atoms with Crippen LogP contribution in [0.4, 0.5) is 18.0 Å². The van der Waals surface area contributed by atoms with E-state index in [-0.39, 0.29) is 19.1 Å². The van der Waals surface area contributed by atoms with Crippen molar-refractivity contribution in [3.8, 4) is 22.3 Å². The third-order valence-electron chi connectivity index (χ3n) is 7.68. The molecule has 4 nitrogen and oxygen atoms in total. The van der Waals surface area contributed by atoms with Crippen LogP contribution in [0.5, 0.6) is 0 Å². The van der Waals surface area contributed by atoms with Crippen molar-refractivity contribution in [2.45, 2.75) is 18.5 Å². The summed E-state index contributed by atoms with van der Waals surface area (Å²) in [5.74, 6) is -0.0705. The molecule has 0 radical (unpaired) electrons. The summed E-state index contributed by atoms with van der Waals surface area (Å²) in [6.45, 7) is 0.451. The quantitative estimate of drug-likeness (QED) is 0.228. The Morgan fingerprint density at radius 2 is 1.40 bits per heavy atom. The summed E-state index contributed by atoms with van der Waals surface area (Å²) in [6, 6.07) is 28.6. The number of amides is 1. The van der Waals surface area contributed by atoms with Crippen molar-refractivity contribution in [3.05, 3.63) is 137 Å². The zero-order valence-electron chi connectivity index (χ0n) is 22.5. The summed E-state index contributed by atoms with van der Waals surface area (Å²) in [5, 5.41) is 0. The van der Waals surface area contributed by atoms with Crippen LogP contribution in [-0.4, -0.2) is 30.4 Å². The van der Waals surface area contributed by atoms with E-state index in [0.29, 0.717) is 17.6 Å². The molecule has 0 aromatic heterocycles. The molecule has 7 heteroatoms. The molecule has 0 bridgehead atoms. The van der Waals surface area contributed by atoms with E-state index in [1.165, 1.54) is 23.2 Å². The standard InChI is InChI=1S/C35H26F3NO3/c36-35(37,38)28-15-13-27(14-16-28)26-11-9-23(10-12-26)17-24-18-25(21-40)20-39(19-24)34(41)42-22-33-31-7-3-1-5-29(31)30-6-2-4-8-32(30)33/h1-17,20-21,33H,18-19,22H2. The molecule has 1 heterocycles. The Morgan fingerprint density at radius 3 is 1.98 bits per heavy atom. The summed E-state index contributed by atoms with van der Waals surface area (Å²) in [6.07, 6.45) is -0.313. The Hall–Kier alpha value is -4.91. The first-order chi connectivity index (χ1) is 20.3. The molecule has 6 rings (SSSR count). The summed E-state index contributed by atoms with van der Waals surface area (Å²) in [5.41, 5.74) is 7.46. The molecular weight excluding hydrogens is 539 g/mol. The minimum atomic E-state index is -4.38. The number of carbonyl (C=O) groups is 2. The Morgan fingerprint density at radius 1 is 0.833 bits per heavy atom. The minimum absolute atomic E-state index is 0.0705. The Labute approximate surface area is 241 Å². The fraction of sp³-hybridized carbons (Fsp3) is 0.143.